The molecule has 0 atom stereocenters. The Morgan fingerprint density at radius 2 is 1.86 bits per heavy atom. The number of carbonyl (C=O) groups excluding carboxylic acids is 1. The first-order chi connectivity index (χ1) is 10.3. The van der Waals surface area contributed by atoms with Gasteiger partial charge in [0, 0.05) is 44.8 Å². The highest BCUT2D eigenvalue weighted by Gasteiger charge is 2.12. The highest BCUT2D eigenvalue weighted by Crippen LogP contribution is 1.99. The lowest BCUT2D eigenvalue weighted by atomic mass is 10.2. The molecule has 1 fully saturated rings. The maximum Gasteiger partial charge on any atom is 0.251 e. The molecule has 0 radical (unpaired) electrons. The van der Waals surface area contributed by atoms with Crippen LogP contribution in [0.5, 0.6) is 0 Å². The molecular formula is C16H25N3O2. The van der Waals surface area contributed by atoms with E-state index >= 15 is 0 Å². The highest BCUT2D eigenvalue weighted by atomic mass is 16.5. The van der Waals surface area contributed by atoms with E-state index in [0.29, 0.717) is 18.7 Å². The van der Waals surface area contributed by atoms with E-state index in [4.69, 9.17) is 4.74 Å². The Bertz CT molecular complexity index is 417. The van der Waals surface area contributed by atoms with Crippen molar-refractivity contribution in [3.63, 3.8) is 0 Å². The molecule has 0 unspecified atom stereocenters. The lowest BCUT2D eigenvalue weighted by Gasteiger charge is -2.32. The number of likely N-dealkylation sites (N-methyl/N-ethyl adjacent to an activating group) is 1. The van der Waals surface area contributed by atoms with Crippen LogP contribution >= 0.6 is 0 Å². The van der Waals surface area contributed by atoms with Gasteiger partial charge in [0.15, 0.2) is 0 Å². The zero-order chi connectivity index (χ0) is 14.9. The standard InChI is InChI=1S/C16H25N3O2/c1-18-8-10-19(11-9-18)12-14-21-13-7-17-16(20)15-5-3-2-4-6-15/h2-6H,7-14H2,1H3,(H,17,20). The maximum absolute atomic E-state index is 11.8. The summed E-state index contributed by atoms with van der Waals surface area (Å²) in [6.45, 7) is 7.31. The fourth-order valence-electron chi connectivity index (χ4n) is 2.30. The molecule has 0 spiro atoms. The number of hydrogen-bond donors (Lipinski definition) is 1. The largest absolute Gasteiger partial charge is 0.378 e. The Balaban J connectivity index is 1.49. The highest BCUT2D eigenvalue weighted by molar-refractivity contribution is 5.94. The molecule has 116 valence electrons. The fourth-order valence-corrected chi connectivity index (χ4v) is 2.30. The van der Waals surface area contributed by atoms with Crippen molar-refractivity contribution in [3.8, 4) is 0 Å². The smallest absolute Gasteiger partial charge is 0.251 e. The van der Waals surface area contributed by atoms with Crippen LogP contribution < -0.4 is 5.32 Å². The van der Waals surface area contributed by atoms with Crippen LogP contribution in [0.3, 0.4) is 0 Å². The number of rotatable bonds is 7. The van der Waals surface area contributed by atoms with Gasteiger partial charge in [-0.2, -0.15) is 0 Å². The lowest BCUT2D eigenvalue weighted by molar-refractivity contribution is 0.0784. The van der Waals surface area contributed by atoms with Crippen molar-refractivity contribution in [2.24, 2.45) is 0 Å². The third-order valence-corrected chi connectivity index (χ3v) is 3.72. The van der Waals surface area contributed by atoms with Crippen LogP contribution in [0.4, 0.5) is 0 Å². The molecule has 5 heteroatoms. The van der Waals surface area contributed by atoms with Crippen LogP contribution in [-0.4, -0.2) is 75.2 Å². The van der Waals surface area contributed by atoms with Crippen molar-refractivity contribution in [1.29, 1.82) is 0 Å². The van der Waals surface area contributed by atoms with E-state index in [1.165, 1.54) is 0 Å². The number of ether oxygens (including phenoxy) is 1. The molecule has 1 N–H and O–H groups in total. The van der Waals surface area contributed by atoms with Crippen LogP contribution in [0.2, 0.25) is 0 Å². The van der Waals surface area contributed by atoms with Crippen molar-refractivity contribution in [2.45, 2.75) is 0 Å². The predicted octanol–water partition coefficient (Wildman–Crippen LogP) is 0.680. The van der Waals surface area contributed by atoms with E-state index in [0.717, 1.165) is 39.3 Å². The second-order valence-electron chi connectivity index (χ2n) is 5.38. The van der Waals surface area contributed by atoms with Gasteiger partial charge in [0.1, 0.15) is 0 Å². The number of benzene rings is 1. The van der Waals surface area contributed by atoms with Crippen LogP contribution in [0, 0.1) is 0 Å². The van der Waals surface area contributed by atoms with Gasteiger partial charge < -0.3 is 15.0 Å². The van der Waals surface area contributed by atoms with Gasteiger partial charge in [0.25, 0.3) is 5.91 Å². The average Bonchev–Trinajstić information content (AvgIpc) is 2.53. The summed E-state index contributed by atoms with van der Waals surface area (Å²) in [7, 11) is 2.16. The van der Waals surface area contributed by atoms with Gasteiger partial charge in [-0.15, -0.1) is 0 Å². The fraction of sp³-hybridized carbons (Fsp3) is 0.562. The first kappa shape index (κ1) is 15.9. The molecule has 1 amide bonds. The zero-order valence-corrected chi connectivity index (χ0v) is 12.8. The summed E-state index contributed by atoms with van der Waals surface area (Å²) >= 11 is 0. The number of nitrogens with zero attached hydrogens (tertiary/aromatic N) is 2. The molecule has 0 aromatic heterocycles. The molecule has 21 heavy (non-hydrogen) atoms. The minimum absolute atomic E-state index is 0.0433. The number of piperazine rings is 1. The second-order valence-corrected chi connectivity index (χ2v) is 5.38. The molecule has 1 aromatic carbocycles. The molecule has 5 nitrogen and oxygen atoms in total. The molecule has 0 aliphatic carbocycles. The lowest BCUT2D eigenvalue weighted by Crippen LogP contribution is -2.45. The molecule has 1 saturated heterocycles. The summed E-state index contributed by atoms with van der Waals surface area (Å²) in [6.07, 6.45) is 0. The van der Waals surface area contributed by atoms with Crippen molar-refractivity contribution in [3.05, 3.63) is 35.9 Å². The van der Waals surface area contributed by atoms with Crippen LogP contribution in [0.1, 0.15) is 10.4 Å². The summed E-state index contributed by atoms with van der Waals surface area (Å²) < 4.78 is 5.58. The number of hydrogen-bond acceptors (Lipinski definition) is 4. The quantitative estimate of drug-likeness (QED) is 0.751. The number of carbonyl (C=O) groups is 1. The van der Waals surface area contributed by atoms with E-state index in [9.17, 15) is 4.79 Å². The monoisotopic (exact) mass is 291 g/mol. The summed E-state index contributed by atoms with van der Waals surface area (Å²) in [5, 5.41) is 2.86. The summed E-state index contributed by atoms with van der Waals surface area (Å²) in [6, 6.07) is 9.24. The summed E-state index contributed by atoms with van der Waals surface area (Å²) in [4.78, 5) is 16.5. The second kappa shape index (κ2) is 8.77. The van der Waals surface area contributed by atoms with Gasteiger partial charge in [-0.25, -0.2) is 0 Å². The van der Waals surface area contributed by atoms with Crippen molar-refractivity contribution in [2.75, 3.05) is 59.5 Å². The Hall–Kier alpha value is -1.43. The van der Waals surface area contributed by atoms with E-state index in [-0.39, 0.29) is 5.91 Å². The van der Waals surface area contributed by atoms with Gasteiger partial charge in [0.05, 0.1) is 13.2 Å². The summed E-state index contributed by atoms with van der Waals surface area (Å²) in [5.74, 6) is -0.0433. The Morgan fingerprint density at radius 1 is 1.14 bits per heavy atom. The minimum Gasteiger partial charge on any atom is -0.378 e. The van der Waals surface area contributed by atoms with E-state index < -0.39 is 0 Å². The van der Waals surface area contributed by atoms with Gasteiger partial charge in [0.2, 0.25) is 0 Å². The Kier molecular flexibility index (Phi) is 6.66. The van der Waals surface area contributed by atoms with E-state index in [1.807, 2.05) is 30.3 Å². The van der Waals surface area contributed by atoms with Crippen molar-refractivity contribution < 1.29 is 9.53 Å². The molecule has 0 bridgehead atoms. The topological polar surface area (TPSA) is 44.8 Å². The van der Waals surface area contributed by atoms with E-state index in [1.54, 1.807) is 0 Å². The van der Waals surface area contributed by atoms with Gasteiger partial charge in [-0.05, 0) is 19.2 Å². The maximum atomic E-state index is 11.8. The average molecular weight is 291 g/mol. The SMILES string of the molecule is CN1CCN(CCOCCNC(=O)c2ccccc2)CC1. The zero-order valence-electron chi connectivity index (χ0n) is 12.8. The molecule has 1 aliphatic heterocycles. The first-order valence-corrected chi connectivity index (χ1v) is 7.57. The van der Waals surface area contributed by atoms with E-state index in [2.05, 4.69) is 22.2 Å². The predicted molar refractivity (Wildman–Crippen MR) is 83.5 cm³/mol. The third-order valence-electron chi connectivity index (χ3n) is 3.72. The van der Waals surface area contributed by atoms with Crippen LogP contribution in [0.15, 0.2) is 30.3 Å². The van der Waals surface area contributed by atoms with Gasteiger partial charge in [-0.3, -0.25) is 9.69 Å². The molecule has 1 aromatic rings. The van der Waals surface area contributed by atoms with Crippen molar-refractivity contribution in [1.82, 2.24) is 15.1 Å². The Morgan fingerprint density at radius 3 is 2.57 bits per heavy atom. The third kappa shape index (κ3) is 5.83. The molecule has 0 saturated carbocycles. The Labute approximate surface area is 126 Å². The number of nitrogens with one attached hydrogen (secondary N) is 1. The molecule has 1 aliphatic rings. The number of amides is 1. The minimum atomic E-state index is -0.0433. The first-order valence-electron chi connectivity index (χ1n) is 7.57. The van der Waals surface area contributed by atoms with Gasteiger partial charge >= 0.3 is 0 Å². The van der Waals surface area contributed by atoms with Crippen molar-refractivity contribution >= 4 is 5.91 Å². The normalized spacial score (nSPS) is 16.8. The summed E-state index contributed by atoms with van der Waals surface area (Å²) in [5.41, 5.74) is 0.690. The molecule has 1 heterocycles. The molecule has 2 rings (SSSR count). The van der Waals surface area contributed by atoms with Crippen LogP contribution in [0.25, 0.3) is 0 Å². The molecular weight excluding hydrogens is 266 g/mol. The van der Waals surface area contributed by atoms with Gasteiger partial charge in [-0.1, -0.05) is 18.2 Å². The van der Waals surface area contributed by atoms with Crippen LogP contribution in [-0.2, 0) is 4.74 Å².